The molecule has 28 heavy (non-hydrogen) atoms. The number of halogens is 1. The molecule has 2 aromatic rings. The molecule has 1 fully saturated rings. The average Bonchev–Trinajstić information content (AvgIpc) is 3.13. The third kappa shape index (κ3) is 5.14. The van der Waals surface area contributed by atoms with Gasteiger partial charge in [0.2, 0.25) is 5.91 Å². The molecule has 1 atom stereocenters. The number of Topliss-reactive ketones (excluding diaryl/α,β-unsaturated/α-hetero) is 1. The zero-order valence-corrected chi connectivity index (χ0v) is 17.0. The Kier molecular flexibility index (Phi) is 6.75. The van der Waals surface area contributed by atoms with Crippen LogP contribution in [-0.4, -0.2) is 36.1 Å². The van der Waals surface area contributed by atoms with E-state index in [9.17, 15) is 14.4 Å². The number of amides is 1. The summed E-state index contributed by atoms with van der Waals surface area (Å²) in [4.78, 5) is 38.8. The number of benzene rings is 2. The monoisotopic (exact) mass is 417 g/mol. The van der Waals surface area contributed by atoms with E-state index in [2.05, 4.69) is 0 Å². The summed E-state index contributed by atoms with van der Waals surface area (Å²) in [5, 5.41) is 0.183. The van der Waals surface area contributed by atoms with Crippen molar-refractivity contribution in [1.29, 1.82) is 0 Å². The van der Waals surface area contributed by atoms with Crippen LogP contribution in [0.3, 0.4) is 0 Å². The maximum atomic E-state index is 12.3. The number of ether oxygens (including phenoxy) is 1. The Morgan fingerprint density at radius 2 is 1.82 bits per heavy atom. The molecule has 0 unspecified atom stereocenters. The molecule has 0 aromatic heterocycles. The van der Waals surface area contributed by atoms with E-state index >= 15 is 0 Å². The van der Waals surface area contributed by atoms with Crippen LogP contribution in [0.25, 0.3) is 0 Å². The second-order valence-electron chi connectivity index (χ2n) is 6.44. The van der Waals surface area contributed by atoms with Crippen molar-refractivity contribution < 1.29 is 19.1 Å². The van der Waals surface area contributed by atoms with Crippen LogP contribution in [0, 0.1) is 0 Å². The number of ketones is 1. The van der Waals surface area contributed by atoms with Crippen molar-refractivity contribution in [1.82, 2.24) is 0 Å². The van der Waals surface area contributed by atoms with Gasteiger partial charge in [0.25, 0.3) is 0 Å². The Hall–Kier alpha value is -2.31. The third-order valence-electron chi connectivity index (χ3n) is 4.38. The van der Waals surface area contributed by atoms with Crippen molar-refractivity contribution >= 4 is 46.7 Å². The first-order valence-electron chi connectivity index (χ1n) is 8.96. The van der Waals surface area contributed by atoms with Crippen LogP contribution < -0.4 is 4.90 Å². The third-order valence-corrected chi connectivity index (χ3v) is 5.72. The van der Waals surface area contributed by atoms with Crippen molar-refractivity contribution in [3.05, 3.63) is 59.1 Å². The summed E-state index contributed by atoms with van der Waals surface area (Å²) in [6, 6.07) is 14.0. The molecular weight excluding hydrogens is 398 g/mol. The maximum absolute atomic E-state index is 12.3. The first-order valence-corrected chi connectivity index (χ1v) is 10.2. The molecule has 1 amide bonds. The molecule has 0 aliphatic carbocycles. The van der Waals surface area contributed by atoms with Gasteiger partial charge in [0.1, 0.15) is 5.25 Å². The lowest BCUT2D eigenvalue weighted by Crippen LogP contribution is -2.24. The second-order valence-corrected chi connectivity index (χ2v) is 8.29. The Labute approximate surface area is 173 Å². The van der Waals surface area contributed by atoms with E-state index in [-0.39, 0.29) is 18.3 Å². The minimum atomic E-state index is -0.451. The van der Waals surface area contributed by atoms with Gasteiger partial charge >= 0.3 is 5.97 Å². The van der Waals surface area contributed by atoms with Crippen molar-refractivity contribution in [3.8, 4) is 0 Å². The summed E-state index contributed by atoms with van der Waals surface area (Å²) in [5.41, 5.74) is 1.23. The number of carbonyl (C=O) groups excluding carboxylic acids is 3. The summed E-state index contributed by atoms with van der Waals surface area (Å²) < 4.78 is 5.16. The molecule has 1 heterocycles. The minimum Gasteiger partial charge on any atom is -0.456 e. The van der Waals surface area contributed by atoms with Crippen LogP contribution in [0.2, 0.25) is 5.02 Å². The van der Waals surface area contributed by atoms with Gasteiger partial charge in [-0.2, -0.15) is 0 Å². The van der Waals surface area contributed by atoms with Crippen LogP contribution in [0.1, 0.15) is 30.1 Å². The largest absolute Gasteiger partial charge is 0.456 e. The predicted molar refractivity (Wildman–Crippen MR) is 110 cm³/mol. The number of hydrogen-bond acceptors (Lipinski definition) is 5. The summed E-state index contributed by atoms with van der Waals surface area (Å²) in [6.07, 6.45) is 1.41. The molecule has 1 saturated heterocycles. The number of hydrogen-bond donors (Lipinski definition) is 0. The highest BCUT2D eigenvalue weighted by Crippen LogP contribution is 2.25. The molecular formula is C21H20ClNO4S. The Morgan fingerprint density at radius 1 is 1.14 bits per heavy atom. The van der Waals surface area contributed by atoms with E-state index in [0.29, 0.717) is 23.6 Å². The van der Waals surface area contributed by atoms with Gasteiger partial charge in [0.15, 0.2) is 12.4 Å². The zero-order valence-electron chi connectivity index (χ0n) is 15.4. The van der Waals surface area contributed by atoms with E-state index < -0.39 is 11.2 Å². The van der Waals surface area contributed by atoms with Crippen LogP contribution in [0.15, 0.2) is 53.4 Å². The topological polar surface area (TPSA) is 63.7 Å². The fourth-order valence-corrected chi connectivity index (χ4v) is 3.84. The molecule has 0 spiro atoms. The molecule has 5 nitrogen and oxygen atoms in total. The number of carbonyl (C=O) groups is 3. The molecule has 2 aromatic carbocycles. The summed E-state index contributed by atoms with van der Waals surface area (Å²) in [5.74, 6) is -0.635. The normalized spacial score (nSPS) is 14.8. The number of rotatable bonds is 7. The van der Waals surface area contributed by atoms with Crippen LogP contribution in [-0.2, 0) is 14.3 Å². The highest BCUT2D eigenvalue weighted by molar-refractivity contribution is 8.00. The molecule has 7 heteroatoms. The van der Waals surface area contributed by atoms with Gasteiger partial charge in [0, 0.05) is 34.1 Å². The molecule has 0 bridgehead atoms. The average molecular weight is 418 g/mol. The molecule has 0 saturated carbocycles. The van der Waals surface area contributed by atoms with Crippen LogP contribution >= 0.6 is 23.4 Å². The Bertz CT molecular complexity index is 867. The lowest BCUT2D eigenvalue weighted by atomic mass is 10.1. The van der Waals surface area contributed by atoms with Gasteiger partial charge in [-0.3, -0.25) is 14.4 Å². The Morgan fingerprint density at radius 3 is 2.43 bits per heavy atom. The minimum absolute atomic E-state index is 0.0974. The lowest BCUT2D eigenvalue weighted by molar-refractivity contribution is -0.141. The van der Waals surface area contributed by atoms with Crippen molar-refractivity contribution in [3.63, 3.8) is 0 Å². The number of esters is 1. The van der Waals surface area contributed by atoms with Gasteiger partial charge in [0.05, 0.1) is 0 Å². The molecule has 3 rings (SSSR count). The van der Waals surface area contributed by atoms with E-state index in [1.54, 1.807) is 48.2 Å². The standard InChI is InChI=1S/C21H20ClNO4S/c1-14(28-18-10-6-16(22)7-11-18)21(26)27-13-19(24)15-4-8-17(9-5-15)23-12-2-3-20(23)25/h4-11,14H,2-3,12-13H2,1H3/t14-/m1/s1. The number of thioether (sulfide) groups is 1. The Balaban J connectivity index is 1.50. The number of nitrogens with zero attached hydrogens (tertiary/aromatic N) is 1. The van der Waals surface area contributed by atoms with E-state index in [1.807, 2.05) is 12.1 Å². The highest BCUT2D eigenvalue weighted by atomic mass is 35.5. The van der Waals surface area contributed by atoms with Crippen molar-refractivity contribution in [2.75, 3.05) is 18.1 Å². The fourth-order valence-electron chi connectivity index (χ4n) is 2.85. The van der Waals surface area contributed by atoms with Gasteiger partial charge < -0.3 is 9.64 Å². The fraction of sp³-hybridized carbons (Fsp3) is 0.286. The first-order chi connectivity index (χ1) is 13.4. The predicted octanol–water partition coefficient (Wildman–Crippen LogP) is 4.37. The lowest BCUT2D eigenvalue weighted by Gasteiger charge is -2.15. The van der Waals surface area contributed by atoms with Crippen LogP contribution in [0.4, 0.5) is 5.69 Å². The second kappa shape index (κ2) is 9.26. The van der Waals surface area contributed by atoms with E-state index in [0.717, 1.165) is 17.0 Å². The van der Waals surface area contributed by atoms with Crippen molar-refractivity contribution in [2.24, 2.45) is 0 Å². The zero-order chi connectivity index (χ0) is 20.1. The van der Waals surface area contributed by atoms with Gasteiger partial charge in [-0.05, 0) is 61.9 Å². The molecule has 1 aliphatic rings. The van der Waals surface area contributed by atoms with Crippen LogP contribution in [0.5, 0.6) is 0 Å². The molecule has 0 radical (unpaired) electrons. The summed E-state index contributed by atoms with van der Waals surface area (Å²) >= 11 is 7.19. The van der Waals surface area contributed by atoms with Gasteiger partial charge in [-0.25, -0.2) is 0 Å². The summed E-state index contributed by atoms with van der Waals surface area (Å²) in [7, 11) is 0. The summed E-state index contributed by atoms with van der Waals surface area (Å²) in [6.45, 7) is 2.12. The smallest absolute Gasteiger partial charge is 0.319 e. The molecule has 1 aliphatic heterocycles. The van der Waals surface area contributed by atoms with E-state index in [1.165, 1.54) is 11.8 Å². The number of anilines is 1. The maximum Gasteiger partial charge on any atom is 0.319 e. The van der Waals surface area contributed by atoms with Crippen molar-refractivity contribution in [2.45, 2.75) is 29.9 Å². The first kappa shape index (κ1) is 20.4. The quantitative estimate of drug-likeness (QED) is 0.380. The highest BCUT2D eigenvalue weighted by Gasteiger charge is 2.22. The van der Waals surface area contributed by atoms with Gasteiger partial charge in [-0.15, -0.1) is 11.8 Å². The SMILES string of the molecule is C[C@@H](Sc1ccc(Cl)cc1)C(=O)OCC(=O)c1ccc(N2CCCC2=O)cc1. The van der Waals surface area contributed by atoms with Gasteiger partial charge in [-0.1, -0.05) is 11.6 Å². The van der Waals surface area contributed by atoms with E-state index in [4.69, 9.17) is 16.3 Å². The molecule has 0 N–H and O–H groups in total. The molecule has 146 valence electrons.